The Bertz CT molecular complexity index is 403. The maximum atomic E-state index is 11.8. The molecule has 0 aliphatic rings. The van der Waals surface area contributed by atoms with Crippen LogP contribution in [0.15, 0.2) is 24.3 Å². The van der Waals surface area contributed by atoms with Crippen LogP contribution in [0.3, 0.4) is 0 Å². The van der Waals surface area contributed by atoms with Crippen molar-refractivity contribution >= 4 is 23.4 Å². The van der Waals surface area contributed by atoms with E-state index in [1.807, 2.05) is 24.3 Å². The van der Waals surface area contributed by atoms with Gasteiger partial charge in [-0.3, -0.25) is 4.79 Å². The number of rotatable bonds is 10. The first-order valence-electron chi connectivity index (χ1n) is 7.46. The molecule has 0 radical (unpaired) electrons. The summed E-state index contributed by atoms with van der Waals surface area (Å²) in [5, 5.41) is 0.633. The number of hydrogen-bond donors (Lipinski definition) is 2. The second kappa shape index (κ2) is 9.83. The first-order valence-corrected chi connectivity index (χ1v) is 8.34. The van der Waals surface area contributed by atoms with Gasteiger partial charge >= 0.3 is 0 Å². The van der Waals surface area contributed by atoms with Crippen LogP contribution in [-0.4, -0.2) is 17.6 Å². The number of hydrogen-bond acceptors (Lipinski definition) is 4. The lowest BCUT2D eigenvalue weighted by Gasteiger charge is -2.16. The minimum absolute atomic E-state index is 0.111. The third-order valence-electron chi connectivity index (χ3n) is 3.12. The predicted octanol–water partition coefficient (Wildman–Crippen LogP) is 4.25. The molecule has 0 unspecified atom stereocenters. The molecule has 0 aliphatic carbocycles. The monoisotopic (exact) mass is 294 g/mol. The molecule has 1 rings (SSSR count). The number of Topliss-reactive ketones (excluding diaryl/α,β-unsaturated/α-hetero) is 1. The molecule has 0 saturated heterocycles. The van der Waals surface area contributed by atoms with Gasteiger partial charge in [-0.25, -0.2) is 0 Å². The van der Waals surface area contributed by atoms with Gasteiger partial charge in [0.2, 0.25) is 0 Å². The van der Waals surface area contributed by atoms with Crippen molar-refractivity contribution in [3.05, 3.63) is 29.8 Å². The molecular weight excluding hydrogens is 268 g/mol. The summed E-state index contributed by atoms with van der Waals surface area (Å²) in [5.41, 5.74) is 7.16. The minimum Gasteiger partial charge on any atom is -0.330 e. The van der Waals surface area contributed by atoms with Crippen molar-refractivity contribution in [2.75, 3.05) is 11.3 Å². The number of anilines is 1. The maximum absolute atomic E-state index is 11.8. The van der Waals surface area contributed by atoms with Gasteiger partial charge in [-0.15, -0.1) is 0 Å². The average molecular weight is 294 g/mol. The van der Waals surface area contributed by atoms with Crippen molar-refractivity contribution < 1.29 is 4.79 Å². The summed E-state index contributed by atoms with van der Waals surface area (Å²) in [6.07, 6.45) is 5.25. The second-order valence-corrected chi connectivity index (χ2v) is 6.07. The normalized spacial score (nSPS) is 10.8. The Morgan fingerprint density at radius 2 is 2.00 bits per heavy atom. The summed E-state index contributed by atoms with van der Waals surface area (Å²) in [5.74, 6) is 0.111. The highest BCUT2D eigenvalue weighted by atomic mass is 32.2. The van der Waals surface area contributed by atoms with Crippen LogP contribution in [0, 0.1) is 0 Å². The lowest BCUT2D eigenvalue weighted by atomic mass is 10.1. The Hall–Kier alpha value is -1.00. The zero-order valence-corrected chi connectivity index (χ0v) is 13.3. The highest BCUT2D eigenvalue weighted by molar-refractivity contribution is 8.01. The summed E-state index contributed by atoms with van der Waals surface area (Å²) in [7, 11) is 0. The van der Waals surface area contributed by atoms with Crippen LogP contribution in [0.2, 0.25) is 0 Å². The molecule has 0 fully saturated rings. The van der Waals surface area contributed by atoms with E-state index in [4.69, 9.17) is 5.73 Å². The summed E-state index contributed by atoms with van der Waals surface area (Å²) < 4.78 is 3.38. The van der Waals surface area contributed by atoms with Crippen LogP contribution >= 0.6 is 11.9 Å². The molecule has 0 heterocycles. The lowest BCUT2D eigenvalue weighted by Crippen LogP contribution is -2.08. The molecule has 3 N–H and O–H groups in total. The van der Waals surface area contributed by atoms with E-state index in [0.717, 1.165) is 11.3 Å². The van der Waals surface area contributed by atoms with E-state index in [1.54, 1.807) is 11.9 Å². The molecule has 112 valence electrons. The average Bonchev–Trinajstić information content (AvgIpc) is 2.46. The first kappa shape index (κ1) is 17.1. The van der Waals surface area contributed by atoms with Crippen molar-refractivity contribution in [3.63, 3.8) is 0 Å². The molecule has 0 atom stereocenters. The van der Waals surface area contributed by atoms with Crippen molar-refractivity contribution in [1.82, 2.24) is 0 Å². The molecule has 1 aromatic carbocycles. The standard InChI is InChI=1S/C16H26N2OS/c1-3-6-15(7-4-2)20-18-14-9-5-8-13(12-14)16(19)10-11-17/h5,8-9,12,15,18H,3-4,6-7,10-11,17H2,1-2H3. The van der Waals surface area contributed by atoms with Gasteiger partial charge in [0, 0.05) is 22.9 Å². The molecule has 20 heavy (non-hydrogen) atoms. The molecule has 1 aromatic rings. The van der Waals surface area contributed by atoms with Crippen LogP contribution < -0.4 is 10.5 Å². The van der Waals surface area contributed by atoms with E-state index in [-0.39, 0.29) is 5.78 Å². The third-order valence-corrected chi connectivity index (χ3v) is 4.28. The fraction of sp³-hybridized carbons (Fsp3) is 0.562. The third kappa shape index (κ3) is 5.97. The van der Waals surface area contributed by atoms with Crippen LogP contribution in [-0.2, 0) is 0 Å². The van der Waals surface area contributed by atoms with Crippen LogP contribution in [0.5, 0.6) is 0 Å². The molecule has 0 amide bonds. The van der Waals surface area contributed by atoms with E-state index in [1.165, 1.54) is 25.7 Å². The fourth-order valence-corrected chi connectivity index (χ4v) is 3.23. The van der Waals surface area contributed by atoms with Gasteiger partial charge in [-0.1, -0.05) is 38.8 Å². The van der Waals surface area contributed by atoms with Gasteiger partial charge in [0.05, 0.1) is 0 Å². The summed E-state index contributed by atoms with van der Waals surface area (Å²) in [6.45, 7) is 4.84. The summed E-state index contributed by atoms with van der Waals surface area (Å²) >= 11 is 1.77. The minimum atomic E-state index is 0.111. The Labute approximate surface area is 126 Å². The van der Waals surface area contributed by atoms with Gasteiger partial charge in [0.15, 0.2) is 5.78 Å². The Kier molecular flexibility index (Phi) is 8.38. The Morgan fingerprint density at radius 3 is 2.60 bits per heavy atom. The number of benzene rings is 1. The zero-order valence-electron chi connectivity index (χ0n) is 12.5. The van der Waals surface area contributed by atoms with Gasteiger partial charge in [0.25, 0.3) is 0 Å². The molecule has 0 saturated carbocycles. The van der Waals surface area contributed by atoms with Crippen molar-refractivity contribution in [3.8, 4) is 0 Å². The van der Waals surface area contributed by atoms with E-state index in [9.17, 15) is 4.79 Å². The van der Waals surface area contributed by atoms with Gasteiger partial charge < -0.3 is 10.5 Å². The highest BCUT2D eigenvalue weighted by Crippen LogP contribution is 2.24. The van der Waals surface area contributed by atoms with Gasteiger partial charge in [-0.2, -0.15) is 0 Å². The number of nitrogens with one attached hydrogen (secondary N) is 1. The van der Waals surface area contributed by atoms with Crippen molar-refractivity contribution in [2.24, 2.45) is 5.73 Å². The summed E-state index contributed by atoms with van der Waals surface area (Å²) in [6, 6.07) is 7.69. The topological polar surface area (TPSA) is 55.1 Å². The number of carbonyl (C=O) groups is 1. The predicted molar refractivity (Wildman–Crippen MR) is 89.3 cm³/mol. The number of carbonyl (C=O) groups excluding carboxylic acids is 1. The maximum Gasteiger partial charge on any atom is 0.164 e. The molecule has 0 spiro atoms. The van der Waals surface area contributed by atoms with Crippen molar-refractivity contribution in [1.29, 1.82) is 0 Å². The Morgan fingerprint density at radius 1 is 1.30 bits per heavy atom. The molecule has 0 aliphatic heterocycles. The first-order chi connectivity index (χ1) is 9.71. The quantitative estimate of drug-likeness (QED) is 0.500. The fourth-order valence-electron chi connectivity index (χ4n) is 2.09. The van der Waals surface area contributed by atoms with Gasteiger partial charge in [0.1, 0.15) is 0 Å². The van der Waals surface area contributed by atoms with Gasteiger partial charge in [-0.05, 0) is 43.5 Å². The van der Waals surface area contributed by atoms with E-state index < -0.39 is 0 Å². The van der Waals surface area contributed by atoms with Crippen LogP contribution in [0.4, 0.5) is 5.69 Å². The second-order valence-electron chi connectivity index (χ2n) is 4.96. The SMILES string of the molecule is CCCC(CCC)SNc1cccc(C(=O)CCN)c1. The smallest absolute Gasteiger partial charge is 0.164 e. The zero-order chi connectivity index (χ0) is 14.8. The van der Waals surface area contributed by atoms with Crippen LogP contribution in [0.25, 0.3) is 0 Å². The van der Waals surface area contributed by atoms with E-state index in [2.05, 4.69) is 18.6 Å². The Balaban J connectivity index is 2.58. The lowest BCUT2D eigenvalue weighted by molar-refractivity contribution is 0.0985. The largest absolute Gasteiger partial charge is 0.330 e. The highest BCUT2D eigenvalue weighted by Gasteiger charge is 2.09. The molecule has 0 bridgehead atoms. The summed E-state index contributed by atoms with van der Waals surface area (Å²) in [4.78, 5) is 11.8. The van der Waals surface area contributed by atoms with E-state index >= 15 is 0 Å². The molecule has 4 heteroatoms. The molecular formula is C16H26N2OS. The van der Waals surface area contributed by atoms with Crippen LogP contribution in [0.1, 0.15) is 56.3 Å². The number of nitrogens with two attached hydrogens (primary N) is 1. The number of ketones is 1. The van der Waals surface area contributed by atoms with Crippen molar-refractivity contribution in [2.45, 2.75) is 51.2 Å². The molecule has 3 nitrogen and oxygen atoms in total. The molecule has 0 aromatic heterocycles. The van der Waals surface area contributed by atoms with E-state index in [0.29, 0.717) is 18.2 Å².